The number of halogens is 2. The number of nitrogens with zero attached hydrogens (tertiary/aromatic N) is 2. The molecule has 30 heavy (non-hydrogen) atoms. The number of carbonyl (C=O) groups is 4. The van der Waals surface area contributed by atoms with Gasteiger partial charge in [-0.1, -0.05) is 12.1 Å². The third-order valence-electron chi connectivity index (χ3n) is 5.43. The summed E-state index contributed by atoms with van der Waals surface area (Å²) in [6.45, 7) is -0.825. The molecule has 7 nitrogen and oxygen atoms in total. The number of benzene rings is 2. The van der Waals surface area contributed by atoms with E-state index in [9.17, 15) is 28.0 Å². The molecule has 1 saturated heterocycles. The number of para-hydroxylation sites is 1. The monoisotopic (exact) mass is 414 g/mol. The van der Waals surface area contributed by atoms with Crippen LogP contribution in [0.5, 0.6) is 0 Å². The van der Waals surface area contributed by atoms with Gasteiger partial charge in [0.2, 0.25) is 17.4 Å². The van der Waals surface area contributed by atoms with Gasteiger partial charge in [0.05, 0.1) is 16.8 Å². The number of esters is 1. The molecule has 2 aromatic rings. The summed E-state index contributed by atoms with van der Waals surface area (Å²) in [5.41, 5.74) is -1.61. The SMILES string of the molecule is CN1C(=O)c2ccccc2N2C(=O)CCC12C(=O)OCC(=O)c1ccc(F)cc1F. The summed E-state index contributed by atoms with van der Waals surface area (Å²) >= 11 is 0. The summed E-state index contributed by atoms with van der Waals surface area (Å²) in [4.78, 5) is 53.1. The van der Waals surface area contributed by atoms with Crippen molar-refractivity contribution in [3.05, 3.63) is 65.2 Å². The van der Waals surface area contributed by atoms with Crippen LogP contribution in [0.25, 0.3) is 0 Å². The lowest BCUT2D eigenvalue weighted by Gasteiger charge is -2.46. The van der Waals surface area contributed by atoms with Gasteiger partial charge in [0.25, 0.3) is 5.91 Å². The number of rotatable bonds is 4. The molecule has 2 amide bonds. The zero-order chi connectivity index (χ0) is 21.6. The molecular formula is C21H16F2N2O5. The first kappa shape index (κ1) is 19.7. The summed E-state index contributed by atoms with van der Waals surface area (Å²) < 4.78 is 32.0. The van der Waals surface area contributed by atoms with Crippen LogP contribution < -0.4 is 4.90 Å². The van der Waals surface area contributed by atoms with Gasteiger partial charge in [-0.25, -0.2) is 13.6 Å². The summed E-state index contributed by atoms with van der Waals surface area (Å²) in [5.74, 6) is -4.61. The van der Waals surface area contributed by atoms with Crippen LogP contribution in [0.4, 0.5) is 14.5 Å². The molecule has 9 heteroatoms. The molecule has 0 spiro atoms. The van der Waals surface area contributed by atoms with Gasteiger partial charge in [-0.15, -0.1) is 0 Å². The first-order chi connectivity index (χ1) is 14.3. The lowest BCUT2D eigenvalue weighted by atomic mass is 9.97. The Balaban J connectivity index is 1.63. The third kappa shape index (κ3) is 2.77. The van der Waals surface area contributed by atoms with Crippen molar-refractivity contribution in [3.8, 4) is 0 Å². The highest BCUT2D eigenvalue weighted by atomic mass is 19.1. The van der Waals surface area contributed by atoms with E-state index < -0.39 is 47.1 Å². The summed E-state index contributed by atoms with van der Waals surface area (Å²) in [7, 11) is 1.38. The maximum absolute atomic E-state index is 13.8. The van der Waals surface area contributed by atoms with Gasteiger partial charge in [-0.3, -0.25) is 19.3 Å². The number of carbonyl (C=O) groups excluding carboxylic acids is 4. The minimum Gasteiger partial charge on any atom is -0.454 e. The smallest absolute Gasteiger partial charge is 0.354 e. The first-order valence-electron chi connectivity index (χ1n) is 9.13. The van der Waals surface area contributed by atoms with Crippen molar-refractivity contribution in [2.45, 2.75) is 18.5 Å². The Kier molecular flexibility index (Phi) is 4.60. The molecule has 4 rings (SSSR count). The minimum absolute atomic E-state index is 0.00158. The van der Waals surface area contributed by atoms with Gasteiger partial charge in [0.1, 0.15) is 11.6 Å². The minimum atomic E-state index is -1.73. The number of fused-ring (bicyclic) bond motifs is 3. The quantitative estimate of drug-likeness (QED) is 0.566. The number of likely N-dealkylation sites (N-methyl/N-ethyl adjacent to an activating group) is 1. The van der Waals surface area contributed by atoms with E-state index >= 15 is 0 Å². The van der Waals surface area contributed by atoms with E-state index in [1.807, 2.05) is 0 Å². The standard InChI is InChI=1S/C21H16F2N2O5/c1-24-19(28)14-4-2-3-5-16(14)25-18(27)8-9-21(24,25)20(29)30-11-17(26)13-7-6-12(22)10-15(13)23/h2-7,10H,8-9,11H2,1H3. The Morgan fingerprint density at radius 2 is 1.87 bits per heavy atom. The number of ketones is 1. The second kappa shape index (κ2) is 7.01. The molecule has 0 aliphatic carbocycles. The molecule has 0 aromatic heterocycles. The van der Waals surface area contributed by atoms with Crippen LogP contribution in [0.1, 0.15) is 33.6 Å². The molecule has 154 valence electrons. The van der Waals surface area contributed by atoms with Crippen LogP contribution in [-0.4, -0.2) is 47.8 Å². The molecule has 1 atom stereocenters. The highest BCUT2D eigenvalue weighted by Crippen LogP contribution is 2.44. The Labute approximate surface area is 169 Å². The number of hydrogen-bond acceptors (Lipinski definition) is 5. The second-order valence-electron chi connectivity index (χ2n) is 7.05. The van der Waals surface area contributed by atoms with Crippen LogP contribution in [0.3, 0.4) is 0 Å². The van der Waals surface area contributed by atoms with Crippen LogP contribution in [0.15, 0.2) is 42.5 Å². The Hall–Kier alpha value is -3.62. The Morgan fingerprint density at radius 1 is 1.13 bits per heavy atom. The predicted octanol–water partition coefficient (Wildman–Crippen LogP) is 2.30. The first-order valence-corrected chi connectivity index (χ1v) is 9.13. The fourth-order valence-corrected chi connectivity index (χ4v) is 3.93. The van der Waals surface area contributed by atoms with Crippen molar-refractivity contribution in [1.82, 2.24) is 4.90 Å². The van der Waals surface area contributed by atoms with E-state index in [2.05, 4.69) is 0 Å². The summed E-state index contributed by atoms with van der Waals surface area (Å²) in [6.07, 6.45) is -0.0120. The van der Waals surface area contributed by atoms with Gasteiger partial charge in [-0.2, -0.15) is 0 Å². The Bertz CT molecular complexity index is 1100. The molecule has 0 N–H and O–H groups in total. The van der Waals surface area contributed by atoms with Gasteiger partial charge in [0.15, 0.2) is 6.61 Å². The van der Waals surface area contributed by atoms with Crippen molar-refractivity contribution >= 4 is 29.3 Å². The topological polar surface area (TPSA) is 84.0 Å². The van der Waals surface area contributed by atoms with Crippen LogP contribution in [-0.2, 0) is 14.3 Å². The van der Waals surface area contributed by atoms with Crippen molar-refractivity contribution < 1.29 is 32.7 Å². The molecule has 1 fully saturated rings. The number of amides is 2. The van der Waals surface area contributed by atoms with Gasteiger partial charge in [-0.05, 0) is 24.3 Å². The molecule has 2 aromatic carbocycles. The van der Waals surface area contributed by atoms with Crippen LogP contribution >= 0.6 is 0 Å². The lowest BCUT2D eigenvalue weighted by Crippen LogP contribution is -2.67. The molecule has 1 unspecified atom stereocenters. The summed E-state index contributed by atoms with van der Waals surface area (Å²) in [5, 5.41) is 0. The zero-order valence-corrected chi connectivity index (χ0v) is 15.9. The van der Waals surface area contributed by atoms with Crippen molar-refractivity contribution in [2.75, 3.05) is 18.6 Å². The lowest BCUT2D eigenvalue weighted by molar-refractivity contribution is -0.155. The average molecular weight is 414 g/mol. The number of anilines is 1. The number of hydrogen-bond donors (Lipinski definition) is 0. The highest BCUT2D eigenvalue weighted by Gasteiger charge is 2.60. The maximum Gasteiger partial charge on any atom is 0.354 e. The normalized spacial score (nSPS) is 20.1. The fraction of sp³-hybridized carbons (Fsp3) is 0.238. The van der Waals surface area contributed by atoms with E-state index in [0.29, 0.717) is 6.07 Å². The predicted molar refractivity (Wildman–Crippen MR) is 99.6 cm³/mol. The molecule has 2 aliphatic rings. The maximum atomic E-state index is 13.8. The number of Topliss-reactive ketones (excluding diaryl/α,β-unsaturated/α-hetero) is 1. The van der Waals surface area contributed by atoms with E-state index in [-0.39, 0.29) is 30.0 Å². The van der Waals surface area contributed by atoms with Crippen LogP contribution in [0, 0.1) is 11.6 Å². The van der Waals surface area contributed by atoms with Crippen molar-refractivity contribution in [3.63, 3.8) is 0 Å². The molecular weight excluding hydrogens is 398 g/mol. The van der Waals surface area contributed by atoms with E-state index in [1.54, 1.807) is 24.3 Å². The molecule has 0 saturated carbocycles. The van der Waals surface area contributed by atoms with Gasteiger partial charge < -0.3 is 9.64 Å². The molecule has 2 aliphatic heterocycles. The van der Waals surface area contributed by atoms with E-state index in [1.165, 1.54) is 11.9 Å². The van der Waals surface area contributed by atoms with Gasteiger partial charge >= 0.3 is 5.97 Å². The van der Waals surface area contributed by atoms with E-state index in [0.717, 1.165) is 17.0 Å². The zero-order valence-electron chi connectivity index (χ0n) is 15.9. The van der Waals surface area contributed by atoms with Gasteiger partial charge in [0, 0.05) is 26.0 Å². The average Bonchev–Trinajstić information content (AvgIpc) is 3.08. The Morgan fingerprint density at radius 3 is 2.60 bits per heavy atom. The van der Waals surface area contributed by atoms with Crippen molar-refractivity contribution in [2.24, 2.45) is 0 Å². The van der Waals surface area contributed by atoms with Crippen molar-refractivity contribution in [1.29, 1.82) is 0 Å². The van der Waals surface area contributed by atoms with E-state index in [4.69, 9.17) is 4.74 Å². The molecule has 0 radical (unpaired) electrons. The third-order valence-corrected chi connectivity index (χ3v) is 5.43. The molecule has 2 heterocycles. The largest absolute Gasteiger partial charge is 0.454 e. The second-order valence-corrected chi connectivity index (χ2v) is 7.05. The fourth-order valence-electron chi connectivity index (χ4n) is 3.93. The summed E-state index contributed by atoms with van der Waals surface area (Å²) in [6, 6.07) is 8.82. The molecule has 0 bridgehead atoms. The van der Waals surface area contributed by atoms with Crippen LogP contribution in [0.2, 0.25) is 0 Å². The number of ether oxygens (including phenoxy) is 1. The highest BCUT2D eigenvalue weighted by molar-refractivity contribution is 6.15.